The highest BCUT2D eigenvalue weighted by Crippen LogP contribution is 2.19. The summed E-state index contributed by atoms with van der Waals surface area (Å²) in [5.74, 6) is 0.924. The van der Waals surface area contributed by atoms with Crippen LogP contribution in [0.1, 0.15) is 16.3 Å². The van der Waals surface area contributed by atoms with Gasteiger partial charge in [-0.25, -0.2) is 4.98 Å². The first kappa shape index (κ1) is 12.1. The van der Waals surface area contributed by atoms with E-state index in [2.05, 4.69) is 16.4 Å². The van der Waals surface area contributed by atoms with Crippen LogP contribution in [0.5, 0.6) is 5.75 Å². The van der Waals surface area contributed by atoms with E-state index in [9.17, 15) is 0 Å². The maximum Gasteiger partial charge on any atom is 0.131 e. The summed E-state index contributed by atoms with van der Waals surface area (Å²) in [6, 6.07) is 8.07. The molecule has 0 atom stereocenters. The van der Waals surface area contributed by atoms with E-state index in [1.807, 2.05) is 37.6 Å². The smallest absolute Gasteiger partial charge is 0.131 e. The van der Waals surface area contributed by atoms with Gasteiger partial charge >= 0.3 is 0 Å². The van der Waals surface area contributed by atoms with Crippen molar-refractivity contribution in [1.82, 2.24) is 10.3 Å². The van der Waals surface area contributed by atoms with Gasteiger partial charge in [0.1, 0.15) is 12.4 Å². The van der Waals surface area contributed by atoms with Crippen LogP contribution in [-0.4, -0.2) is 12.0 Å². The maximum atomic E-state index is 5.79. The molecule has 0 amide bonds. The molecule has 0 saturated heterocycles. The van der Waals surface area contributed by atoms with E-state index in [0.717, 1.165) is 23.0 Å². The predicted molar refractivity (Wildman–Crippen MR) is 70.4 cm³/mol. The Morgan fingerprint density at radius 2 is 2.18 bits per heavy atom. The molecule has 0 spiro atoms. The van der Waals surface area contributed by atoms with Gasteiger partial charge in [-0.05, 0) is 20.0 Å². The van der Waals surface area contributed by atoms with E-state index < -0.39 is 0 Å². The van der Waals surface area contributed by atoms with Gasteiger partial charge in [0.05, 0.1) is 10.7 Å². The largest absolute Gasteiger partial charge is 0.487 e. The molecular formula is C13H16N2OS. The molecule has 1 N–H and O–H groups in total. The summed E-state index contributed by atoms with van der Waals surface area (Å²) in [5, 5.41) is 6.25. The van der Waals surface area contributed by atoms with Gasteiger partial charge in [0.2, 0.25) is 0 Å². The van der Waals surface area contributed by atoms with Crippen molar-refractivity contribution < 1.29 is 4.74 Å². The van der Waals surface area contributed by atoms with Gasteiger partial charge in [0.25, 0.3) is 0 Å². The van der Waals surface area contributed by atoms with Gasteiger partial charge in [-0.1, -0.05) is 18.2 Å². The SMILES string of the molecule is CNCc1ccccc1OCc1csc(C)n1. The number of hydrogen-bond acceptors (Lipinski definition) is 4. The summed E-state index contributed by atoms with van der Waals surface area (Å²) >= 11 is 1.65. The molecule has 4 heteroatoms. The third-order valence-electron chi connectivity index (χ3n) is 2.38. The number of nitrogens with one attached hydrogen (secondary N) is 1. The van der Waals surface area contributed by atoms with E-state index in [-0.39, 0.29) is 0 Å². The average Bonchev–Trinajstić information content (AvgIpc) is 2.74. The zero-order chi connectivity index (χ0) is 12.1. The Kier molecular flexibility index (Phi) is 4.12. The van der Waals surface area contributed by atoms with Crippen molar-refractivity contribution in [1.29, 1.82) is 0 Å². The van der Waals surface area contributed by atoms with Gasteiger partial charge in [-0.2, -0.15) is 0 Å². The lowest BCUT2D eigenvalue weighted by Crippen LogP contribution is -2.07. The Balaban J connectivity index is 2.03. The van der Waals surface area contributed by atoms with Crippen LogP contribution in [0.2, 0.25) is 0 Å². The van der Waals surface area contributed by atoms with E-state index in [0.29, 0.717) is 6.61 Å². The number of hydrogen-bond donors (Lipinski definition) is 1. The van der Waals surface area contributed by atoms with Gasteiger partial charge in [0.15, 0.2) is 0 Å². The molecule has 90 valence electrons. The standard InChI is InChI=1S/C13H16N2OS/c1-10-15-12(9-17-10)8-16-13-6-4-3-5-11(13)7-14-2/h3-6,9,14H,7-8H2,1-2H3. The third-order valence-corrected chi connectivity index (χ3v) is 3.20. The Hall–Kier alpha value is -1.39. The van der Waals surface area contributed by atoms with Crippen LogP contribution in [0.15, 0.2) is 29.6 Å². The number of aryl methyl sites for hydroxylation is 1. The van der Waals surface area contributed by atoms with Crippen molar-refractivity contribution in [2.24, 2.45) is 0 Å². The average molecular weight is 248 g/mol. The lowest BCUT2D eigenvalue weighted by atomic mass is 10.2. The first-order valence-electron chi connectivity index (χ1n) is 5.56. The van der Waals surface area contributed by atoms with Gasteiger partial charge < -0.3 is 10.1 Å². The predicted octanol–water partition coefficient (Wildman–Crippen LogP) is 2.75. The van der Waals surface area contributed by atoms with Crippen LogP contribution in [0, 0.1) is 6.92 Å². The molecule has 0 radical (unpaired) electrons. The van der Waals surface area contributed by atoms with Gasteiger partial charge in [0, 0.05) is 17.5 Å². The number of rotatable bonds is 5. The normalized spacial score (nSPS) is 10.5. The summed E-state index contributed by atoms with van der Waals surface area (Å²) in [7, 11) is 1.93. The van der Waals surface area contributed by atoms with E-state index >= 15 is 0 Å². The fourth-order valence-corrected chi connectivity index (χ4v) is 2.20. The monoisotopic (exact) mass is 248 g/mol. The Morgan fingerprint density at radius 3 is 2.88 bits per heavy atom. The van der Waals surface area contributed by atoms with Crippen LogP contribution < -0.4 is 10.1 Å². The zero-order valence-electron chi connectivity index (χ0n) is 10.1. The van der Waals surface area contributed by atoms with Gasteiger partial charge in [-0.15, -0.1) is 11.3 Å². The zero-order valence-corrected chi connectivity index (χ0v) is 10.9. The number of para-hydroxylation sites is 1. The first-order valence-corrected chi connectivity index (χ1v) is 6.44. The van der Waals surface area contributed by atoms with Crippen molar-refractivity contribution in [3.63, 3.8) is 0 Å². The number of ether oxygens (including phenoxy) is 1. The van der Waals surface area contributed by atoms with Crippen molar-refractivity contribution in [2.45, 2.75) is 20.1 Å². The molecule has 0 unspecified atom stereocenters. The summed E-state index contributed by atoms with van der Waals surface area (Å²) in [6.45, 7) is 3.35. The van der Waals surface area contributed by atoms with Crippen molar-refractivity contribution in [3.8, 4) is 5.75 Å². The van der Waals surface area contributed by atoms with E-state index in [1.54, 1.807) is 11.3 Å². The maximum absolute atomic E-state index is 5.79. The number of benzene rings is 1. The highest BCUT2D eigenvalue weighted by atomic mass is 32.1. The fourth-order valence-electron chi connectivity index (χ4n) is 1.61. The number of nitrogens with zero attached hydrogens (tertiary/aromatic N) is 1. The van der Waals surface area contributed by atoms with Crippen LogP contribution >= 0.6 is 11.3 Å². The summed E-state index contributed by atoms with van der Waals surface area (Å²) in [4.78, 5) is 4.38. The van der Waals surface area contributed by atoms with E-state index in [4.69, 9.17) is 4.74 Å². The molecule has 1 heterocycles. The minimum absolute atomic E-state index is 0.533. The molecule has 1 aromatic carbocycles. The minimum atomic E-state index is 0.533. The Morgan fingerprint density at radius 1 is 1.35 bits per heavy atom. The summed E-state index contributed by atoms with van der Waals surface area (Å²) in [6.07, 6.45) is 0. The molecule has 0 aliphatic heterocycles. The van der Waals surface area contributed by atoms with Crippen LogP contribution in [0.3, 0.4) is 0 Å². The molecule has 2 rings (SSSR count). The molecule has 0 saturated carbocycles. The van der Waals surface area contributed by atoms with Crippen molar-refractivity contribution >= 4 is 11.3 Å². The highest BCUT2D eigenvalue weighted by molar-refractivity contribution is 7.09. The van der Waals surface area contributed by atoms with E-state index in [1.165, 1.54) is 5.56 Å². The lowest BCUT2D eigenvalue weighted by Gasteiger charge is -2.09. The second-order valence-electron chi connectivity index (χ2n) is 3.78. The quantitative estimate of drug-likeness (QED) is 0.883. The number of aromatic nitrogens is 1. The highest BCUT2D eigenvalue weighted by Gasteiger charge is 2.03. The minimum Gasteiger partial charge on any atom is -0.487 e. The summed E-state index contributed by atoms with van der Waals surface area (Å²) in [5.41, 5.74) is 2.16. The van der Waals surface area contributed by atoms with Crippen molar-refractivity contribution in [3.05, 3.63) is 45.9 Å². The third kappa shape index (κ3) is 3.28. The molecule has 3 nitrogen and oxygen atoms in total. The van der Waals surface area contributed by atoms with Crippen LogP contribution in [-0.2, 0) is 13.2 Å². The molecule has 17 heavy (non-hydrogen) atoms. The van der Waals surface area contributed by atoms with Crippen LogP contribution in [0.25, 0.3) is 0 Å². The molecule has 0 aliphatic carbocycles. The molecule has 0 aliphatic rings. The number of thiazole rings is 1. The topological polar surface area (TPSA) is 34.1 Å². The molecule has 2 aromatic rings. The lowest BCUT2D eigenvalue weighted by molar-refractivity contribution is 0.298. The second kappa shape index (κ2) is 5.80. The van der Waals surface area contributed by atoms with Crippen molar-refractivity contribution in [2.75, 3.05) is 7.05 Å². The Bertz CT molecular complexity index is 482. The van der Waals surface area contributed by atoms with Crippen LogP contribution in [0.4, 0.5) is 0 Å². The molecular weight excluding hydrogens is 232 g/mol. The molecule has 0 bridgehead atoms. The molecule has 0 fully saturated rings. The second-order valence-corrected chi connectivity index (χ2v) is 4.85. The fraction of sp³-hybridized carbons (Fsp3) is 0.308. The van der Waals surface area contributed by atoms with Gasteiger partial charge in [-0.3, -0.25) is 0 Å². The molecule has 1 aromatic heterocycles. The first-order chi connectivity index (χ1) is 8.29. The summed E-state index contributed by atoms with van der Waals surface area (Å²) < 4.78 is 5.79. The Labute approximate surface area is 105 Å².